The van der Waals surface area contributed by atoms with E-state index in [9.17, 15) is 8.42 Å². The third-order valence-electron chi connectivity index (χ3n) is 3.56. The first-order valence-electron chi connectivity index (χ1n) is 6.92. The van der Waals surface area contributed by atoms with Crippen molar-refractivity contribution in [2.24, 2.45) is 0 Å². The molecule has 1 aromatic heterocycles. The topological polar surface area (TPSA) is 81.4 Å². The number of aromatic nitrogens is 1. The molecule has 3 aromatic rings. The average Bonchev–Trinajstić information content (AvgIpc) is 2.96. The summed E-state index contributed by atoms with van der Waals surface area (Å²) in [5, 5.41) is 0. The van der Waals surface area contributed by atoms with E-state index in [1.165, 1.54) is 6.39 Å². The fraction of sp³-hybridized carbons (Fsp3) is 0.188. The zero-order valence-corrected chi connectivity index (χ0v) is 13.8. The molecule has 6 nitrogen and oxygen atoms in total. The van der Waals surface area contributed by atoms with E-state index in [1.807, 2.05) is 0 Å². The second kappa shape index (κ2) is 5.58. The smallest absolute Gasteiger partial charge is 0.262 e. The van der Waals surface area contributed by atoms with Crippen molar-refractivity contribution in [3.05, 3.63) is 47.9 Å². The number of oxazole rings is 1. The Morgan fingerprint density at radius 3 is 2.65 bits per heavy atom. The quantitative estimate of drug-likeness (QED) is 0.793. The molecule has 23 heavy (non-hydrogen) atoms. The van der Waals surface area contributed by atoms with E-state index in [-0.39, 0.29) is 4.90 Å². The van der Waals surface area contributed by atoms with Crippen molar-refractivity contribution in [1.82, 2.24) is 4.98 Å². The summed E-state index contributed by atoms with van der Waals surface area (Å²) in [4.78, 5) is 4.24. The van der Waals surface area contributed by atoms with Crippen LogP contribution in [0.15, 0.2) is 46.0 Å². The average molecular weight is 332 g/mol. The van der Waals surface area contributed by atoms with E-state index in [2.05, 4.69) is 9.71 Å². The number of ether oxygens (including phenoxy) is 1. The molecule has 0 fully saturated rings. The van der Waals surface area contributed by atoms with Gasteiger partial charge in [-0.3, -0.25) is 4.72 Å². The monoisotopic (exact) mass is 332 g/mol. The Morgan fingerprint density at radius 2 is 1.91 bits per heavy atom. The predicted molar refractivity (Wildman–Crippen MR) is 87.3 cm³/mol. The van der Waals surface area contributed by atoms with E-state index >= 15 is 0 Å². The molecule has 0 unspecified atom stereocenters. The number of hydrogen-bond donors (Lipinski definition) is 1. The molecule has 0 saturated carbocycles. The van der Waals surface area contributed by atoms with Crippen LogP contribution in [0.5, 0.6) is 5.75 Å². The number of sulfonamides is 1. The molecule has 0 aliphatic heterocycles. The number of hydrogen-bond acceptors (Lipinski definition) is 5. The van der Waals surface area contributed by atoms with Gasteiger partial charge in [0.2, 0.25) is 0 Å². The predicted octanol–water partition coefficient (Wildman–Crippen LogP) is 3.25. The maximum Gasteiger partial charge on any atom is 0.262 e. The number of nitrogens with one attached hydrogen (secondary N) is 1. The van der Waals surface area contributed by atoms with Crippen LogP contribution in [0.25, 0.3) is 11.1 Å². The fourth-order valence-corrected chi connectivity index (χ4v) is 3.77. The molecule has 0 atom stereocenters. The highest BCUT2D eigenvalue weighted by molar-refractivity contribution is 7.92. The Labute approximate surface area is 134 Å². The molecule has 0 bridgehead atoms. The van der Waals surface area contributed by atoms with Crippen LogP contribution in [0.3, 0.4) is 0 Å². The summed E-state index contributed by atoms with van der Waals surface area (Å²) >= 11 is 0. The van der Waals surface area contributed by atoms with E-state index in [0.717, 1.165) is 5.56 Å². The van der Waals surface area contributed by atoms with Gasteiger partial charge in [-0.1, -0.05) is 0 Å². The zero-order valence-electron chi connectivity index (χ0n) is 13.0. The second-order valence-corrected chi connectivity index (χ2v) is 6.88. The van der Waals surface area contributed by atoms with Gasteiger partial charge in [-0.25, -0.2) is 13.4 Å². The van der Waals surface area contributed by atoms with Crippen molar-refractivity contribution in [3.8, 4) is 5.75 Å². The molecule has 3 rings (SSSR count). The number of benzene rings is 2. The molecule has 120 valence electrons. The second-order valence-electron chi connectivity index (χ2n) is 5.23. The van der Waals surface area contributed by atoms with Crippen LogP contribution in [-0.2, 0) is 10.0 Å². The van der Waals surface area contributed by atoms with Gasteiger partial charge >= 0.3 is 0 Å². The summed E-state index contributed by atoms with van der Waals surface area (Å²) in [5.41, 5.74) is 2.99. The van der Waals surface area contributed by atoms with Crippen LogP contribution in [0.2, 0.25) is 0 Å². The number of aryl methyl sites for hydroxylation is 2. The van der Waals surface area contributed by atoms with E-state index in [0.29, 0.717) is 28.1 Å². The maximum absolute atomic E-state index is 12.7. The highest BCUT2D eigenvalue weighted by Crippen LogP contribution is 2.27. The first-order valence-corrected chi connectivity index (χ1v) is 8.40. The summed E-state index contributed by atoms with van der Waals surface area (Å²) < 4.78 is 38.2. The van der Waals surface area contributed by atoms with Crippen molar-refractivity contribution < 1.29 is 17.6 Å². The van der Waals surface area contributed by atoms with Gasteiger partial charge in [0.05, 0.1) is 17.7 Å². The third-order valence-corrected chi connectivity index (χ3v) is 5.09. The Balaban J connectivity index is 1.99. The van der Waals surface area contributed by atoms with Crippen molar-refractivity contribution >= 4 is 26.8 Å². The molecular weight excluding hydrogens is 316 g/mol. The van der Waals surface area contributed by atoms with E-state index < -0.39 is 10.0 Å². The zero-order chi connectivity index (χ0) is 16.6. The number of anilines is 1. The Hall–Kier alpha value is -2.54. The lowest BCUT2D eigenvalue weighted by Crippen LogP contribution is -2.14. The van der Waals surface area contributed by atoms with Crippen molar-refractivity contribution in [2.75, 3.05) is 11.8 Å². The van der Waals surface area contributed by atoms with Crippen LogP contribution < -0.4 is 9.46 Å². The van der Waals surface area contributed by atoms with Crippen molar-refractivity contribution in [3.63, 3.8) is 0 Å². The molecule has 1 N–H and O–H groups in total. The highest BCUT2D eigenvalue weighted by Gasteiger charge is 2.19. The first-order chi connectivity index (χ1) is 10.9. The number of methoxy groups -OCH3 is 1. The Bertz CT molecular complexity index is 977. The largest absolute Gasteiger partial charge is 0.496 e. The standard InChI is InChI=1S/C16H16N2O4S/c1-10-7-16(11(2)6-15(10)21-3)23(19,20)18-12-4-5-14-13(8-12)17-9-22-14/h4-9,18H,1-3H3. The molecule has 0 amide bonds. The summed E-state index contributed by atoms with van der Waals surface area (Å²) in [5.74, 6) is 0.658. The normalized spacial score (nSPS) is 11.6. The van der Waals surface area contributed by atoms with Crippen molar-refractivity contribution in [1.29, 1.82) is 0 Å². The Morgan fingerprint density at radius 1 is 1.13 bits per heavy atom. The van der Waals surface area contributed by atoms with Gasteiger partial charge in [-0.05, 0) is 55.3 Å². The SMILES string of the molecule is COc1cc(C)c(S(=O)(=O)Nc2ccc3ocnc3c2)cc1C. The summed E-state index contributed by atoms with van der Waals surface area (Å²) in [7, 11) is -2.15. The molecule has 0 aliphatic carbocycles. The third kappa shape index (κ3) is 2.87. The molecule has 0 spiro atoms. The van der Waals surface area contributed by atoms with Gasteiger partial charge in [0.1, 0.15) is 11.3 Å². The lowest BCUT2D eigenvalue weighted by molar-refractivity contribution is 0.411. The minimum absolute atomic E-state index is 0.219. The molecule has 0 saturated heterocycles. The summed E-state index contributed by atoms with van der Waals surface area (Å²) in [6, 6.07) is 8.25. The summed E-state index contributed by atoms with van der Waals surface area (Å²) in [6.45, 7) is 3.54. The van der Waals surface area contributed by atoms with Crippen molar-refractivity contribution in [2.45, 2.75) is 18.7 Å². The molecule has 1 heterocycles. The van der Waals surface area contributed by atoms with Crippen LogP contribution in [0.4, 0.5) is 5.69 Å². The molecule has 2 aromatic carbocycles. The van der Waals surface area contributed by atoms with Crippen LogP contribution in [-0.4, -0.2) is 20.5 Å². The van der Waals surface area contributed by atoms with Gasteiger partial charge < -0.3 is 9.15 Å². The highest BCUT2D eigenvalue weighted by atomic mass is 32.2. The van der Waals surface area contributed by atoms with Crippen LogP contribution >= 0.6 is 0 Å². The Kier molecular flexibility index (Phi) is 3.73. The molecular formula is C16H16N2O4S. The van der Waals surface area contributed by atoms with Gasteiger partial charge in [0.25, 0.3) is 10.0 Å². The first kappa shape index (κ1) is 15.4. The molecule has 7 heteroatoms. The molecule has 0 aliphatic rings. The van der Waals surface area contributed by atoms with Gasteiger partial charge in [0.15, 0.2) is 12.0 Å². The number of fused-ring (bicyclic) bond motifs is 1. The maximum atomic E-state index is 12.7. The van der Waals surface area contributed by atoms with Crippen LogP contribution in [0, 0.1) is 13.8 Å². The number of rotatable bonds is 4. The fourth-order valence-electron chi connectivity index (χ4n) is 2.40. The van der Waals surface area contributed by atoms with Crippen LogP contribution in [0.1, 0.15) is 11.1 Å². The minimum Gasteiger partial charge on any atom is -0.496 e. The number of nitrogens with zero attached hydrogens (tertiary/aromatic N) is 1. The minimum atomic E-state index is -3.71. The lowest BCUT2D eigenvalue weighted by Gasteiger charge is -2.13. The van der Waals surface area contributed by atoms with Gasteiger partial charge in [-0.15, -0.1) is 0 Å². The van der Waals surface area contributed by atoms with Gasteiger partial charge in [0, 0.05) is 0 Å². The van der Waals surface area contributed by atoms with E-state index in [1.54, 1.807) is 51.3 Å². The molecule has 0 radical (unpaired) electrons. The lowest BCUT2D eigenvalue weighted by atomic mass is 10.1. The van der Waals surface area contributed by atoms with E-state index in [4.69, 9.17) is 9.15 Å². The summed E-state index contributed by atoms with van der Waals surface area (Å²) in [6.07, 6.45) is 1.32. The van der Waals surface area contributed by atoms with Gasteiger partial charge in [-0.2, -0.15) is 0 Å².